The van der Waals surface area contributed by atoms with Gasteiger partial charge in [-0.1, -0.05) is 61.7 Å². The van der Waals surface area contributed by atoms with Crippen LogP contribution in [0.5, 0.6) is 0 Å². The highest BCUT2D eigenvalue weighted by Crippen LogP contribution is 2.48. The molecule has 1 aromatic heterocycles. The molecule has 0 saturated heterocycles. The molecule has 2 aliphatic rings. The van der Waals surface area contributed by atoms with Gasteiger partial charge in [-0.15, -0.1) is 0 Å². The van der Waals surface area contributed by atoms with Crippen LogP contribution in [0.1, 0.15) is 68.7 Å². The highest BCUT2D eigenvalue weighted by Gasteiger charge is 2.36. The summed E-state index contributed by atoms with van der Waals surface area (Å²) in [6.45, 7) is 5.58. The van der Waals surface area contributed by atoms with E-state index in [2.05, 4.69) is 49.5 Å². The first kappa shape index (κ1) is 22.1. The summed E-state index contributed by atoms with van der Waals surface area (Å²) in [7, 11) is 0. The van der Waals surface area contributed by atoms with Gasteiger partial charge in [-0.05, 0) is 61.4 Å². The molecule has 0 spiro atoms. The van der Waals surface area contributed by atoms with Crippen molar-refractivity contribution in [2.24, 2.45) is 5.92 Å². The van der Waals surface area contributed by atoms with Gasteiger partial charge in [-0.25, -0.2) is 9.07 Å². The first-order chi connectivity index (χ1) is 16.1. The van der Waals surface area contributed by atoms with E-state index < -0.39 is 0 Å². The Kier molecular flexibility index (Phi) is 6.45. The van der Waals surface area contributed by atoms with Gasteiger partial charge in [-0.3, -0.25) is 0 Å². The number of aromatic nitrogens is 2. The third kappa shape index (κ3) is 4.54. The van der Waals surface area contributed by atoms with Crippen molar-refractivity contribution < 1.29 is 4.39 Å². The van der Waals surface area contributed by atoms with E-state index in [9.17, 15) is 4.39 Å². The molecule has 0 radical (unpaired) electrons. The van der Waals surface area contributed by atoms with E-state index in [0.717, 1.165) is 18.7 Å². The first-order valence-corrected chi connectivity index (χ1v) is 12.5. The van der Waals surface area contributed by atoms with Gasteiger partial charge in [0, 0.05) is 30.5 Å². The molecule has 5 rings (SSSR count). The molecule has 0 bridgehead atoms. The number of nitrogens with one attached hydrogen (secondary N) is 1. The number of rotatable bonds is 8. The average Bonchev–Trinajstić information content (AvgIpc) is 3.44. The zero-order chi connectivity index (χ0) is 22.8. The minimum absolute atomic E-state index is 0.209. The number of halogens is 1. The van der Waals surface area contributed by atoms with Gasteiger partial charge in [0.1, 0.15) is 5.82 Å². The molecule has 1 unspecified atom stereocenters. The van der Waals surface area contributed by atoms with Gasteiger partial charge < -0.3 is 5.32 Å². The van der Waals surface area contributed by atoms with Crippen LogP contribution in [-0.4, -0.2) is 15.8 Å². The van der Waals surface area contributed by atoms with E-state index in [-0.39, 0.29) is 5.82 Å². The molecule has 2 aliphatic carbocycles. The first-order valence-electron chi connectivity index (χ1n) is 12.5. The summed E-state index contributed by atoms with van der Waals surface area (Å²) in [5.74, 6) is 0.846. The van der Waals surface area contributed by atoms with Crippen molar-refractivity contribution in [1.29, 1.82) is 0 Å². The molecule has 3 atom stereocenters. The molecule has 3 nitrogen and oxygen atoms in total. The van der Waals surface area contributed by atoms with Crippen molar-refractivity contribution in [2.45, 2.75) is 70.9 Å². The Morgan fingerprint density at radius 1 is 1.12 bits per heavy atom. The van der Waals surface area contributed by atoms with E-state index in [0.29, 0.717) is 17.9 Å². The fourth-order valence-electron chi connectivity index (χ4n) is 5.98. The van der Waals surface area contributed by atoms with Crippen LogP contribution in [0.25, 0.3) is 5.69 Å². The van der Waals surface area contributed by atoms with Gasteiger partial charge in [0.25, 0.3) is 0 Å². The quantitative estimate of drug-likeness (QED) is 0.391. The second-order valence-electron chi connectivity index (χ2n) is 9.72. The van der Waals surface area contributed by atoms with Crippen LogP contribution in [-0.2, 0) is 13.0 Å². The summed E-state index contributed by atoms with van der Waals surface area (Å²) in [6.07, 6.45) is 9.10. The van der Waals surface area contributed by atoms with E-state index in [4.69, 9.17) is 5.10 Å². The lowest BCUT2D eigenvalue weighted by Crippen LogP contribution is -2.31. The standard InChI is InChI=1S/C29H34FN3/c1-3-7-25(31-18-21-8-5-4-6-9-21)16-22-10-11-23-17-28-27(20(2)29(22)23)19-32-33(28)26-14-12-24(30)13-15-26/h4-6,8-9,12-15,19-20,22,25,31H,3,7,10-11,16-18H2,1-2H3/t20-,22+,25?/m0/s1. The second-order valence-corrected chi connectivity index (χ2v) is 9.72. The number of benzene rings is 2. The Labute approximate surface area is 196 Å². The highest BCUT2D eigenvalue weighted by molar-refractivity contribution is 5.47. The fraction of sp³-hybridized carbons (Fsp3) is 0.414. The van der Waals surface area contributed by atoms with Crippen molar-refractivity contribution in [3.05, 3.63) is 94.6 Å². The molecule has 2 aromatic carbocycles. The van der Waals surface area contributed by atoms with Crippen LogP contribution >= 0.6 is 0 Å². The number of allylic oxidation sites excluding steroid dienone is 2. The number of hydrogen-bond acceptors (Lipinski definition) is 2. The van der Waals surface area contributed by atoms with E-state index in [1.54, 1.807) is 11.1 Å². The van der Waals surface area contributed by atoms with Gasteiger partial charge in [-0.2, -0.15) is 5.10 Å². The molecule has 172 valence electrons. The summed E-state index contributed by atoms with van der Waals surface area (Å²) in [6, 6.07) is 17.9. The number of hydrogen-bond donors (Lipinski definition) is 1. The summed E-state index contributed by atoms with van der Waals surface area (Å²) in [5, 5.41) is 8.56. The molecular weight excluding hydrogens is 409 g/mol. The third-order valence-electron chi connectivity index (χ3n) is 7.57. The lowest BCUT2D eigenvalue weighted by Gasteiger charge is -2.29. The lowest BCUT2D eigenvalue weighted by molar-refractivity contribution is 0.381. The molecule has 3 aromatic rings. The normalized spacial score (nSPS) is 20.6. The topological polar surface area (TPSA) is 29.9 Å². The van der Waals surface area contributed by atoms with Crippen LogP contribution in [0.15, 0.2) is 71.9 Å². The SMILES string of the molecule is CCCC(C[C@H]1CCC2=C1[C@@H](C)c1cnn(-c3ccc(F)cc3)c1C2)NCc1ccccc1. The molecule has 0 saturated carbocycles. The van der Waals surface area contributed by atoms with E-state index in [1.807, 2.05) is 23.0 Å². The summed E-state index contributed by atoms with van der Waals surface area (Å²) >= 11 is 0. The van der Waals surface area contributed by atoms with E-state index >= 15 is 0 Å². The Bertz CT molecular complexity index is 1110. The Morgan fingerprint density at radius 2 is 1.91 bits per heavy atom. The van der Waals surface area contributed by atoms with Crippen molar-refractivity contribution in [1.82, 2.24) is 15.1 Å². The van der Waals surface area contributed by atoms with Gasteiger partial charge in [0.05, 0.1) is 17.6 Å². The van der Waals surface area contributed by atoms with Crippen LogP contribution in [0.2, 0.25) is 0 Å². The minimum Gasteiger partial charge on any atom is -0.310 e. The Hall–Kier alpha value is -2.72. The predicted molar refractivity (Wildman–Crippen MR) is 132 cm³/mol. The molecular formula is C29H34FN3. The largest absolute Gasteiger partial charge is 0.310 e. The fourth-order valence-corrected chi connectivity index (χ4v) is 5.98. The monoisotopic (exact) mass is 443 g/mol. The molecule has 0 fully saturated rings. The summed E-state index contributed by atoms with van der Waals surface area (Å²) in [5.41, 5.74) is 8.20. The van der Waals surface area contributed by atoms with Crippen molar-refractivity contribution in [2.75, 3.05) is 0 Å². The maximum Gasteiger partial charge on any atom is 0.123 e. The smallest absolute Gasteiger partial charge is 0.123 e. The van der Waals surface area contributed by atoms with Crippen molar-refractivity contribution >= 4 is 0 Å². The summed E-state index contributed by atoms with van der Waals surface area (Å²) < 4.78 is 15.4. The van der Waals surface area contributed by atoms with E-state index in [1.165, 1.54) is 61.1 Å². The Balaban J connectivity index is 1.32. The van der Waals surface area contributed by atoms with Gasteiger partial charge in [0.15, 0.2) is 0 Å². The zero-order valence-electron chi connectivity index (χ0n) is 19.7. The maximum absolute atomic E-state index is 13.4. The van der Waals surface area contributed by atoms with Gasteiger partial charge >= 0.3 is 0 Å². The molecule has 0 aliphatic heterocycles. The second kappa shape index (κ2) is 9.64. The van der Waals surface area contributed by atoms with Gasteiger partial charge in [0.2, 0.25) is 0 Å². The average molecular weight is 444 g/mol. The van der Waals surface area contributed by atoms with Crippen molar-refractivity contribution in [3.63, 3.8) is 0 Å². The van der Waals surface area contributed by atoms with Crippen LogP contribution in [0.4, 0.5) is 4.39 Å². The minimum atomic E-state index is -0.209. The molecule has 1 heterocycles. The maximum atomic E-state index is 13.4. The van der Waals surface area contributed by atoms with Crippen molar-refractivity contribution in [3.8, 4) is 5.69 Å². The Morgan fingerprint density at radius 3 is 2.67 bits per heavy atom. The highest BCUT2D eigenvalue weighted by atomic mass is 19.1. The number of nitrogens with zero attached hydrogens (tertiary/aromatic N) is 2. The molecule has 33 heavy (non-hydrogen) atoms. The lowest BCUT2D eigenvalue weighted by atomic mass is 9.78. The third-order valence-corrected chi connectivity index (χ3v) is 7.57. The van der Waals surface area contributed by atoms with Crippen LogP contribution < -0.4 is 5.32 Å². The molecule has 0 amide bonds. The molecule has 1 N–H and O–H groups in total. The molecule has 4 heteroatoms. The van der Waals surface area contributed by atoms with Crippen LogP contribution in [0, 0.1) is 11.7 Å². The predicted octanol–water partition coefficient (Wildman–Crippen LogP) is 6.73. The zero-order valence-corrected chi connectivity index (χ0v) is 19.7. The van der Waals surface area contributed by atoms with Crippen LogP contribution in [0.3, 0.4) is 0 Å². The summed E-state index contributed by atoms with van der Waals surface area (Å²) in [4.78, 5) is 0. The number of fused-ring (bicyclic) bond motifs is 1.